The molecule has 0 bridgehead atoms. The van der Waals surface area contributed by atoms with Gasteiger partial charge < -0.3 is 20.2 Å². The number of pyridine rings is 1. The molecule has 0 amide bonds. The summed E-state index contributed by atoms with van der Waals surface area (Å²) in [4.78, 5) is 11.4. The molecule has 0 fully saturated rings. The largest absolute Gasteiger partial charge is 0.454 e. The van der Waals surface area contributed by atoms with Crippen molar-refractivity contribution in [2.75, 3.05) is 12.5 Å². The van der Waals surface area contributed by atoms with Gasteiger partial charge in [-0.3, -0.25) is 0 Å². The van der Waals surface area contributed by atoms with Gasteiger partial charge in [0, 0.05) is 23.5 Å². The molecule has 1 aromatic carbocycles. The lowest BCUT2D eigenvalue weighted by atomic mass is 9.96. The van der Waals surface area contributed by atoms with E-state index in [1.54, 1.807) is 30.6 Å². The van der Waals surface area contributed by atoms with Crippen LogP contribution in [0.15, 0.2) is 35.6 Å². The summed E-state index contributed by atoms with van der Waals surface area (Å²) in [6.07, 6.45) is 3.37. The van der Waals surface area contributed by atoms with E-state index in [2.05, 4.69) is 27.1 Å². The lowest BCUT2D eigenvalue weighted by Crippen LogP contribution is -2.04. The summed E-state index contributed by atoms with van der Waals surface area (Å²) in [6, 6.07) is 9.54. The van der Waals surface area contributed by atoms with Crippen LogP contribution < -0.4 is 15.2 Å². The average Bonchev–Trinajstić information content (AvgIpc) is 3.37. The van der Waals surface area contributed by atoms with Crippen LogP contribution in [-0.4, -0.2) is 21.7 Å². The van der Waals surface area contributed by atoms with Crippen LogP contribution in [0, 0.1) is 22.7 Å². The van der Waals surface area contributed by atoms with E-state index in [1.807, 2.05) is 0 Å². The van der Waals surface area contributed by atoms with Gasteiger partial charge >= 0.3 is 0 Å². The SMILES string of the molecule is N#Cc1c(N)nc(SCc2ncc[nH]2)c(C#N)c1-c1cccc2c1OCO2. The van der Waals surface area contributed by atoms with Gasteiger partial charge in [0.1, 0.15) is 34.4 Å². The number of imidazole rings is 1. The highest BCUT2D eigenvalue weighted by Gasteiger charge is 2.26. The molecule has 0 atom stereocenters. The van der Waals surface area contributed by atoms with Crippen LogP contribution in [0.4, 0.5) is 5.82 Å². The first kappa shape index (κ1) is 16.8. The Morgan fingerprint density at radius 3 is 2.81 bits per heavy atom. The molecule has 0 aliphatic carbocycles. The molecule has 8 nitrogen and oxygen atoms in total. The summed E-state index contributed by atoms with van der Waals surface area (Å²) in [5.41, 5.74) is 7.41. The van der Waals surface area contributed by atoms with Gasteiger partial charge in [0.05, 0.1) is 11.3 Å². The van der Waals surface area contributed by atoms with Gasteiger partial charge in [-0.1, -0.05) is 23.9 Å². The summed E-state index contributed by atoms with van der Waals surface area (Å²) in [6.45, 7) is 0.0801. The number of ether oxygens (including phenoxy) is 2. The summed E-state index contributed by atoms with van der Waals surface area (Å²) in [5.74, 6) is 2.32. The monoisotopic (exact) mass is 376 g/mol. The van der Waals surface area contributed by atoms with E-state index in [1.165, 1.54) is 11.8 Å². The maximum Gasteiger partial charge on any atom is 0.231 e. The van der Waals surface area contributed by atoms with Crippen LogP contribution in [0.25, 0.3) is 11.1 Å². The second-order valence-corrected chi connectivity index (χ2v) is 6.48. The first-order chi connectivity index (χ1) is 13.2. The number of fused-ring (bicyclic) bond motifs is 1. The Kier molecular flexibility index (Phi) is 4.29. The lowest BCUT2D eigenvalue weighted by molar-refractivity contribution is 0.174. The number of rotatable bonds is 4. The molecule has 4 rings (SSSR count). The van der Waals surface area contributed by atoms with E-state index < -0.39 is 0 Å². The van der Waals surface area contributed by atoms with Crippen molar-refractivity contribution < 1.29 is 9.47 Å². The number of anilines is 1. The average molecular weight is 376 g/mol. The molecule has 0 radical (unpaired) electrons. The molecule has 132 valence electrons. The number of nitrogens with one attached hydrogen (secondary N) is 1. The predicted molar refractivity (Wildman–Crippen MR) is 97.8 cm³/mol. The Bertz CT molecular complexity index is 1100. The summed E-state index contributed by atoms with van der Waals surface area (Å²) in [7, 11) is 0. The minimum atomic E-state index is 0.0602. The fraction of sp³-hybridized carbons (Fsp3) is 0.111. The van der Waals surface area contributed by atoms with Crippen LogP contribution in [0.3, 0.4) is 0 Å². The van der Waals surface area contributed by atoms with E-state index >= 15 is 0 Å². The standard InChI is InChI=1S/C18H12N6O2S/c19-6-11-15(10-2-1-3-13-16(10)26-9-25-13)12(7-20)18(24-17(11)21)27-8-14-22-4-5-23-14/h1-5H,8-9H2,(H2,21,24)(H,22,23). The highest BCUT2D eigenvalue weighted by Crippen LogP contribution is 2.45. The number of nitrogens with zero attached hydrogens (tertiary/aromatic N) is 4. The third kappa shape index (κ3) is 2.90. The van der Waals surface area contributed by atoms with Gasteiger partial charge in [0.15, 0.2) is 11.5 Å². The number of benzene rings is 1. The summed E-state index contributed by atoms with van der Waals surface area (Å²) >= 11 is 1.32. The van der Waals surface area contributed by atoms with Crippen molar-refractivity contribution in [3.8, 4) is 34.8 Å². The zero-order valence-electron chi connectivity index (χ0n) is 13.9. The highest BCUT2D eigenvalue weighted by atomic mass is 32.2. The number of nitrogens with two attached hydrogens (primary N) is 1. The zero-order valence-corrected chi connectivity index (χ0v) is 14.7. The quantitative estimate of drug-likeness (QED) is 0.664. The van der Waals surface area contributed by atoms with E-state index in [9.17, 15) is 10.5 Å². The highest BCUT2D eigenvalue weighted by molar-refractivity contribution is 7.98. The Balaban J connectivity index is 1.89. The molecule has 0 spiro atoms. The molecule has 0 saturated heterocycles. The molecular weight excluding hydrogens is 364 g/mol. The van der Waals surface area contributed by atoms with Gasteiger partial charge in [-0.05, 0) is 6.07 Å². The topological polar surface area (TPSA) is 134 Å². The van der Waals surface area contributed by atoms with Crippen molar-refractivity contribution in [3.05, 3.63) is 47.5 Å². The number of para-hydroxylation sites is 1. The first-order valence-corrected chi connectivity index (χ1v) is 8.85. The van der Waals surface area contributed by atoms with Crippen LogP contribution >= 0.6 is 11.8 Å². The third-order valence-corrected chi connectivity index (χ3v) is 4.97. The van der Waals surface area contributed by atoms with Gasteiger partial charge in [0.2, 0.25) is 6.79 Å². The van der Waals surface area contributed by atoms with E-state index in [0.717, 1.165) is 5.82 Å². The molecule has 1 aliphatic rings. The van der Waals surface area contributed by atoms with Crippen LogP contribution in [0.5, 0.6) is 11.5 Å². The smallest absolute Gasteiger partial charge is 0.231 e. The van der Waals surface area contributed by atoms with Crippen molar-refractivity contribution in [2.45, 2.75) is 10.8 Å². The van der Waals surface area contributed by atoms with Gasteiger partial charge in [-0.15, -0.1) is 0 Å². The molecule has 3 N–H and O–H groups in total. The van der Waals surface area contributed by atoms with Crippen LogP contribution in [-0.2, 0) is 5.75 Å². The summed E-state index contributed by atoms with van der Waals surface area (Å²) < 4.78 is 11.0. The lowest BCUT2D eigenvalue weighted by Gasteiger charge is -2.14. The number of aromatic nitrogens is 3. The molecule has 3 heterocycles. The van der Waals surface area contributed by atoms with Crippen LogP contribution in [0.1, 0.15) is 17.0 Å². The molecular formula is C18H12N6O2S. The fourth-order valence-electron chi connectivity index (χ4n) is 2.81. The predicted octanol–water partition coefficient (Wildman–Crippen LogP) is 2.82. The molecule has 0 saturated carbocycles. The van der Waals surface area contributed by atoms with Gasteiger partial charge in [0.25, 0.3) is 0 Å². The molecule has 3 aromatic rings. The molecule has 1 aliphatic heterocycles. The Hall–Kier alpha value is -3.69. The minimum Gasteiger partial charge on any atom is -0.454 e. The Morgan fingerprint density at radius 1 is 1.22 bits per heavy atom. The number of nitriles is 2. The van der Waals surface area contributed by atoms with Crippen molar-refractivity contribution >= 4 is 17.6 Å². The second-order valence-electron chi connectivity index (χ2n) is 5.51. The zero-order chi connectivity index (χ0) is 18.8. The van der Waals surface area contributed by atoms with E-state index in [-0.39, 0.29) is 23.7 Å². The number of H-pyrrole nitrogens is 1. The number of hydrogen-bond acceptors (Lipinski definition) is 8. The molecule has 2 aromatic heterocycles. The minimum absolute atomic E-state index is 0.0602. The van der Waals surface area contributed by atoms with E-state index in [0.29, 0.717) is 33.4 Å². The molecule has 27 heavy (non-hydrogen) atoms. The number of nitrogen functional groups attached to an aromatic ring is 1. The van der Waals surface area contributed by atoms with Crippen molar-refractivity contribution in [2.24, 2.45) is 0 Å². The Labute approximate surface area is 158 Å². The maximum atomic E-state index is 9.83. The fourth-order valence-corrected chi connectivity index (χ4v) is 3.70. The van der Waals surface area contributed by atoms with Crippen molar-refractivity contribution in [3.63, 3.8) is 0 Å². The second kappa shape index (κ2) is 6.90. The third-order valence-electron chi connectivity index (χ3n) is 3.98. The maximum absolute atomic E-state index is 9.83. The normalized spacial score (nSPS) is 11.8. The number of aromatic amines is 1. The van der Waals surface area contributed by atoms with Crippen molar-refractivity contribution in [1.82, 2.24) is 15.0 Å². The Morgan fingerprint density at radius 2 is 2.07 bits per heavy atom. The number of hydrogen-bond donors (Lipinski definition) is 2. The summed E-state index contributed by atoms with van der Waals surface area (Å²) in [5, 5.41) is 19.9. The van der Waals surface area contributed by atoms with E-state index in [4.69, 9.17) is 15.2 Å². The van der Waals surface area contributed by atoms with Gasteiger partial charge in [-0.25, -0.2) is 9.97 Å². The first-order valence-electron chi connectivity index (χ1n) is 7.86. The molecule has 9 heteroatoms. The van der Waals surface area contributed by atoms with Crippen molar-refractivity contribution in [1.29, 1.82) is 10.5 Å². The van der Waals surface area contributed by atoms with Crippen LogP contribution in [0.2, 0.25) is 0 Å². The molecule has 0 unspecified atom stereocenters. The number of thioether (sulfide) groups is 1. The van der Waals surface area contributed by atoms with Gasteiger partial charge in [-0.2, -0.15) is 10.5 Å².